The number of rotatable bonds is 5. The Balaban J connectivity index is 2.13. The number of alkyl carbamates (subject to hydrolysis) is 1. The minimum Gasteiger partial charge on any atom is -0.444 e. The van der Waals surface area contributed by atoms with Gasteiger partial charge in [0.25, 0.3) is 8.32 Å². The van der Waals surface area contributed by atoms with Crippen molar-refractivity contribution >= 4 is 24.8 Å². The molecule has 0 heterocycles. The summed E-state index contributed by atoms with van der Waals surface area (Å²) in [6.45, 7) is 11.5. The van der Waals surface area contributed by atoms with Gasteiger partial charge in [0.2, 0.25) is 0 Å². The molecule has 0 unspecified atom stereocenters. The van der Waals surface area contributed by atoms with Crippen molar-refractivity contribution in [3.05, 3.63) is 60.7 Å². The number of carbonyl (C=O) groups is 1. The van der Waals surface area contributed by atoms with Crippen LogP contribution in [-0.2, 0) is 9.16 Å². The number of carbonyl (C=O) groups excluding carboxylic acids is 1. The van der Waals surface area contributed by atoms with Gasteiger partial charge in [0.1, 0.15) is 11.7 Å². The zero-order valence-electron chi connectivity index (χ0n) is 21.4. The molecule has 192 valence electrons. The fourth-order valence-corrected chi connectivity index (χ4v) is 9.55. The third-order valence-electron chi connectivity index (χ3n) is 6.40. The van der Waals surface area contributed by atoms with Crippen LogP contribution in [0.4, 0.5) is 4.79 Å². The van der Waals surface area contributed by atoms with Crippen LogP contribution in [0.15, 0.2) is 60.7 Å². The Morgan fingerprint density at radius 1 is 0.857 bits per heavy atom. The molecule has 2 aromatic rings. The van der Waals surface area contributed by atoms with Crippen LogP contribution < -0.4 is 15.7 Å². The number of hydrogen-bond acceptors (Lipinski definition) is 6. The largest absolute Gasteiger partial charge is 0.444 e. The van der Waals surface area contributed by atoms with Gasteiger partial charge in [0.15, 0.2) is 0 Å². The minimum atomic E-state index is -3.15. The van der Waals surface area contributed by atoms with Crippen LogP contribution in [0, 0.1) is 0 Å². The molecule has 0 aromatic heterocycles. The number of nitrogens with one attached hydrogen (secondary N) is 1. The van der Waals surface area contributed by atoms with Crippen molar-refractivity contribution in [1.82, 2.24) is 5.32 Å². The summed E-state index contributed by atoms with van der Waals surface area (Å²) in [5.74, 6) is 0. The van der Waals surface area contributed by atoms with Crippen molar-refractivity contribution in [3.8, 4) is 0 Å². The summed E-state index contributed by atoms with van der Waals surface area (Å²) in [5, 5.41) is 36.9. The summed E-state index contributed by atoms with van der Waals surface area (Å²) in [4.78, 5) is 12.7. The van der Waals surface area contributed by atoms with E-state index in [4.69, 9.17) is 9.16 Å². The van der Waals surface area contributed by atoms with Gasteiger partial charge in [-0.2, -0.15) is 0 Å². The molecule has 0 spiro atoms. The highest BCUT2D eigenvalue weighted by Crippen LogP contribution is 2.39. The molecule has 8 heteroatoms. The molecule has 1 amide bonds. The van der Waals surface area contributed by atoms with E-state index in [2.05, 4.69) is 26.1 Å². The smallest absolute Gasteiger partial charge is 0.408 e. The molecule has 1 aliphatic carbocycles. The average Bonchev–Trinajstić information content (AvgIpc) is 2.76. The third kappa shape index (κ3) is 5.95. The van der Waals surface area contributed by atoms with Gasteiger partial charge < -0.3 is 29.8 Å². The molecule has 1 aliphatic rings. The maximum atomic E-state index is 12.7. The summed E-state index contributed by atoms with van der Waals surface area (Å²) >= 11 is 0. The molecule has 3 rings (SSSR count). The standard InChI is InChI=1S/C27H39NO6Si/c1-26(2,3)33-25(32)28-22-20(29)17-21(30)23(31)24(22)34-35(27(4,5)6,18-13-9-7-10-14-18)19-15-11-8-12-16-19/h7-16,20-24,29-31H,17H2,1-6H3,(H,28,32)/t20-,21+,22+,23+,24+/m1/s1. The minimum absolute atomic E-state index is 0.0950. The second-order valence-corrected chi connectivity index (χ2v) is 15.5. The molecule has 0 saturated heterocycles. The van der Waals surface area contributed by atoms with Crippen LogP contribution in [0.1, 0.15) is 48.0 Å². The van der Waals surface area contributed by atoms with Gasteiger partial charge in [-0.15, -0.1) is 0 Å². The molecule has 1 saturated carbocycles. The highest BCUT2D eigenvalue weighted by molar-refractivity contribution is 6.99. The zero-order chi connectivity index (χ0) is 26.0. The fraction of sp³-hybridized carbons (Fsp3) is 0.519. The zero-order valence-corrected chi connectivity index (χ0v) is 22.4. The predicted molar refractivity (Wildman–Crippen MR) is 138 cm³/mol. The highest BCUT2D eigenvalue weighted by Gasteiger charge is 2.55. The van der Waals surface area contributed by atoms with E-state index in [1.807, 2.05) is 60.7 Å². The third-order valence-corrected chi connectivity index (χ3v) is 11.4. The first kappa shape index (κ1) is 27.4. The lowest BCUT2D eigenvalue weighted by atomic mass is 9.85. The van der Waals surface area contributed by atoms with Gasteiger partial charge in [0, 0.05) is 6.42 Å². The van der Waals surface area contributed by atoms with Gasteiger partial charge in [-0.05, 0) is 36.2 Å². The SMILES string of the molecule is CC(C)(C)OC(=O)N[C@@H]1[C@H](O[Si](c2ccccc2)(c2ccccc2)C(C)(C)C)[C@@H](O)[C@@H](O)C[C@H]1O. The van der Waals surface area contributed by atoms with Gasteiger partial charge in [-0.1, -0.05) is 81.4 Å². The Bertz CT molecular complexity index is 933. The van der Waals surface area contributed by atoms with Crippen LogP contribution >= 0.6 is 0 Å². The van der Waals surface area contributed by atoms with E-state index in [9.17, 15) is 20.1 Å². The number of amides is 1. The average molecular weight is 502 g/mol. The lowest BCUT2D eigenvalue weighted by Gasteiger charge is -2.50. The van der Waals surface area contributed by atoms with E-state index >= 15 is 0 Å². The highest BCUT2D eigenvalue weighted by atomic mass is 28.4. The van der Waals surface area contributed by atoms with Gasteiger partial charge in [0.05, 0.1) is 24.4 Å². The topological polar surface area (TPSA) is 108 Å². The lowest BCUT2D eigenvalue weighted by Crippen LogP contribution is -2.73. The lowest BCUT2D eigenvalue weighted by molar-refractivity contribution is -0.127. The summed E-state index contributed by atoms with van der Waals surface area (Å²) in [7, 11) is -3.15. The normalized spacial score (nSPS) is 25.7. The molecule has 0 aliphatic heterocycles. The first-order chi connectivity index (χ1) is 16.3. The van der Waals surface area contributed by atoms with Crippen molar-refractivity contribution in [1.29, 1.82) is 0 Å². The summed E-state index contributed by atoms with van der Waals surface area (Å²) in [6, 6.07) is 18.8. The number of aliphatic hydroxyl groups is 3. The van der Waals surface area contributed by atoms with E-state index < -0.39 is 55.5 Å². The maximum absolute atomic E-state index is 12.7. The van der Waals surface area contributed by atoms with E-state index in [0.717, 1.165) is 10.4 Å². The van der Waals surface area contributed by atoms with Crippen LogP contribution in [0.5, 0.6) is 0 Å². The molecular formula is C27H39NO6Si. The van der Waals surface area contributed by atoms with E-state index in [1.54, 1.807) is 20.8 Å². The monoisotopic (exact) mass is 501 g/mol. The van der Waals surface area contributed by atoms with Gasteiger partial charge in [-0.25, -0.2) is 4.79 Å². The number of hydrogen-bond donors (Lipinski definition) is 4. The van der Waals surface area contributed by atoms with Crippen molar-refractivity contribution < 1.29 is 29.3 Å². The number of benzene rings is 2. The molecule has 7 nitrogen and oxygen atoms in total. The quantitative estimate of drug-likeness (QED) is 0.469. The number of aliphatic hydroxyl groups excluding tert-OH is 3. The summed E-state index contributed by atoms with van der Waals surface area (Å²) in [5.41, 5.74) is -0.740. The van der Waals surface area contributed by atoms with Crippen LogP contribution in [0.25, 0.3) is 0 Å². The molecule has 2 aromatic carbocycles. The Labute approximate surface area is 209 Å². The van der Waals surface area contributed by atoms with Crippen LogP contribution in [-0.4, -0.2) is 65.8 Å². The van der Waals surface area contributed by atoms with E-state index in [-0.39, 0.29) is 6.42 Å². The van der Waals surface area contributed by atoms with Gasteiger partial charge in [-0.3, -0.25) is 0 Å². The molecule has 0 bridgehead atoms. The summed E-state index contributed by atoms with van der Waals surface area (Å²) < 4.78 is 12.4. The van der Waals surface area contributed by atoms with E-state index in [1.165, 1.54) is 0 Å². The van der Waals surface area contributed by atoms with Crippen LogP contribution in [0.2, 0.25) is 5.04 Å². The molecular weight excluding hydrogens is 462 g/mol. The first-order valence-corrected chi connectivity index (χ1v) is 14.0. The summed E-state index contributed by atoms with van der Waals surface area (Å²) in [6.07, 6.45) is -5.55. The number of ether oxygens (including phenoxy) is 1. The second-order valence-electron chi connectivity index (χ2n) is 11.3. The Morgan fingerprint density at radius 2 is 1.34 bits per heavy atom. The second kappa shape index (κ2) is 10.4. The van der Waals surface area contributed by atoms with E-state index in [0.29, 0.717) is 0 Å². The molecule has 0 radical (unpaired) electrons. The Kier molecular flexibility index (Phi) is 8.13. The van der Waals surface area contributed by atoms with Gasteiger partial charge >= 0.3 is 6.09 Å². The van der Waals surface area contributed by atoms with Crippen molar-refractivity contribution in [2.75, 3.05) is 0 Å². The fourth-order valence-electron chi connectivity index (χ4n) is 4.84. The first-order valence-electron chi connectivity index (χ1n) is 12.1. The molecule has 5 atom stereocenters. The molecule has 4 N–H and O–H groups in total. The Morgan fingerprint density at radius 3 is 1.77 bits per heavy atom. The molecule has 1 fully saturated rings. The molecule has 35 heavy (non-hydrogen) atoms. The maximum Gasteiger partial charge on any atom is 0.408 e. The van der Waals surface area contributed by atoms with Crippen molar-refractivity contribution in [2.24, 2.45) is 0 Å². The Hall–Kier alpha value is -2.23. The van der Waals surface area contributed by atoms with Crippen molar-refractivity contribution in [3.63, 3.8) is 0 Å². The van der Waals surface area contributed by atoms with Crippen LogP contribution in [0.3, 0.4) is 0 Å². The predicted octanol–water partition coefficient (Wildman–Crippen LogP) is 2.31. The van der Waals surface area contributed by atoms with Crippen molar-refractivity contribution in [2.45, 2.75) is 89.1 Å².